The smallest absolute Gasteiger partial charge is 0.323 e. The highest BCUT2D eigenvalue weighted by molar-refractivity contribution is 7.98. The summed E-state index contributed by atoms with van der Waals surface area (Å²) < 4.78 is 0. The van der Waals surface area contributed by atoms with Crippen LogP contribution >= 0.6 is 11.8 Å². The summed E-state index contributed by atoms with van der Waals surface area (Å²) in [5.74, 6) is 2.70. The molecular formula is C18H26N4OS. The van der Waals surface area contributed by atoms with Gasteiger partial charge in [0, 0.05) is 44.2 Å². The maximum Gasteiger partial charge on any atom is 0.323 e. The lowest BCUT2D eigenvalue weighted by molar-refractivity contribution is 0.144. The van der Waals surface area contributed by atoms with Gasteiger partial charge in [0.1, 0.15) is 5.82 Å². The molecule has 1 N–H and O–H groups in total. The van der Waals surface area contributed by atoms with Crippen LogP contribution in [0.4, 0.5) is 10.6 Å². The van der Waals surface area contributed by atoms with Crippen molar-refractivity contribution in [1.82, 2.24) is 14.8 Å². The Kier molecular flexibility index (Phi) is 6.15. The summed E-state index contributed by atoms with van der Waals surface area (Å²) in [6.45, 7) is 5.90. The van der Waals surface area contributed by atoms with Crippen molar-refractivity contribution in [2.24, 2.45) is 0 Å². The topological polar surface area (TPSA) is 48.5 Å². The SMILES string of the molecule is CCSCc1ccnc(NC(=O)N2CCC(N3CC=CC3)CC2)c1. The van der Waals surface area contributed by atoms with E-state index in [0.717, 1.165) is 50.5 Å². The van der Waals surface area contributed by atoms with Crippen molar-refractivity contribution in [1.29, 1.82) is 0 Å². The number of amides is 2. The van der Waals surface area contributed by atoms with Crippen LogP contribution in [0.3, 0.4) is 0 Å². The van der Waals surface area contributed by atoms with Crippen molar-refractivity contribution < 1.29 is 4.79 Å². The lowest BCUT2D eigenvalue weighted by Crippen LogP contribution is -2.47. The van der Waals surface area contributed by atoms with Gasteiger partial charge in [0.25, 0.3) is 0 Å². The quantitative estimate of drug-likeness (QED) is 0.832. The third-order valence-electron chi connectivity index (χ3n) is 4.65. The minimum absolute atomic E-state index is 0.0270. The summed E-state index contributed by atoms with van der Waals surface area (Å²) in [6.07, 6.45) is 8.34. The second-order valence-corrected chi connectivity index (χ2v) is 7.53. The van der Waals surface area contributed by atoms with Crippen molar-refractivity contribution in [2.75, 3.05) is 37.2 Å². The van der Waals surface area contributed by atoms with Crippen molar-refractivity contribution in [3.05, 3.63) is 36.0 Å². The van der Waals surface area contributed by atoms with Gasteiger partial charge in [-0.25, -0.2) is 9.78 Å². The number of anilines is 1. The van der Waals surface area contributed by atoms with Gasteiger partial charge < -0.3 is 4.90 Å². The van der Waals surface area contributed by atoms with Crippen LogP contribution in [0.2, 0.25) is 0 Å². The molecule has 5 nitrogen and oxygen atoms in total. The molecule has 6 heteroatoms. The first-order valence-electron chi connectivity index (χ1n) is 8.74. The van der Waals surface area contributed by atoms with Gasteiger partial charge in [-0.1, -0.05) is 19.1 Å². The fourth-order valence-corrected chi connectivity index (χ4v) is 3.89. The van der Waals surface area contributed by atoms with E-state index >= 15 is 0 Å². The highest BCUT2D eigenvalue weighted by Gasteiger charge is 2.27. The van der Waals surface area contributed by atoms with Crippen molar-refractivity contribution in [3.8, 4) is 0 Å². The molecule has 0 radical (unpaired) electrons. The molecule has 0 unspecified atom stereocenters. The van der Waals surface area contributed by atoms with Crippen molar-refractivity contribution in [2.45, 2.75) is 31.6 Å². The zero-order valence-electron chi connectivity index (χ0n) is 14.3. The maximum absolute atomic E-state index is 12.5. The molecule has 1 saturated heterocycles. The van der Waals surface area contributed by atoms with Crippen LogP contribution in [0, 0.1) is 0 Å². The number of carbonyl (C=O) groups excluding carboxylic acids is 1. The number of nitrogens with zero attached hydrogens (tertiary/aromatic N) is 3. The van der Waals surface area contributed by atoms with E-state index in [1.165, 1.54) is 5.56 Å². The molecule has 0 bridgehead atoms. The second-order valence-electron chi connectivity index (χ2n) is 6.26. The minimum atomic E-state index is -0.0270. The number of urea groups is 1. The Morgan fingerprint density at radius 1 is 1.33 bits per heavy atom. The molecule has 1 fully saturated rings. The number of aromatic nitrogens is 1. The van der Waals surface area contributed by atoms with Gasteiger partial charge in [-0.2, -0.15) is 11.8 Å². The van der Waals surface area contributed by atoms with E-state index in [0.29, 0.717) is 11.9 Å². The van der Waals surface area contributed by atoms with E-state index in [2.05, 4.69) is 34.3 Å². The number of hydrogen-bond donors (Lipinski definition) is 1. The molecule has 0 aliphatic carbocycles. The lowest BCUT2D eigenvalue weighted by Gasteiger charge is -2.36. The lowest BCUT2D eigenvalue weighted by atomic mass is 10.0. The summed E-state index contributed by atoms with van der Waals surface area (Å²) >= 11 is 1.87. The Hall–Kier alpha value is -1.53. The molecule has 3 rings (SSSR count). The molecule has 1 aromatic rings. The molecule has 24 heavy (non-hydrogen) atoms. The van der Waals surface area contributed by atoms with Gasteiger partial charge in [0.2, 0.25) is 0 Å². The summed E-state index contributed by atoms with van der Waals surface area (Å²) in [4.78, 5) is 21.1. The van der Waals surface area contributed by atoms with Crippen LogP contribution in [-0.2, 0) is 5.75 Å². The van der Waals surface area contributed by atoms with Crippen LogP contribution in [0.1, 0.15) is 25.3 Å². The molecule has 0 atom stereocenters. The Morgan fingerprint density at radius 3 is 2.79 bits per heavy atom. The Bertz CT molecular complexity index is 576. The first-order chi connectivity index (χ1) is 11.8. The average Bonchev–Trinajstić information content (AvgIpc) is 3.15. The first kappa shape index (κ1) is 17.3. The van der Waals surface area contributed by atoms with Crippen LogP contribution in [0.15, 0.2) is 30.5 Å². The van der Waals surface area contributed by atoms with Gasteiger partial charge in [-0.15, -0.1) is 0 Å². The fourth-order valence-electron chi connectivity index (χ4n) is 3.27. The highest BCUT2D eigenvalue weighted by atomic mass is 32.2. The average molecular weight is 347 g/mol. The van der Waals surface area contributed by atoms with Crippen molar-refractivity contribution >= 4 is 23.6 Å². The van der Waals surface area contributed by atoms with E-state index in [4.69, 9.17) is 0 Å². The van der Waals surface area contributed by atoms with Crippen LogP contribution in [0.5, 0.6) is 0 Å². The normalized spacial score (nSPS) is 19.0. The Balaban J connectivity index is 1.49. The monoisotopic (exact) mass is 346 g/mol. The standard InChI is InChI=1S/C18H26N4OS/c1-2-24-14-15-5-8-19-17(13-15)20-18(23)22-11-6-16(7-12-22)21-9-3-4-10-21/h3-5,8,13,16H,2,6-7,9-12,14H2,1H3,(H,19,20,23). The summed E-state index contributed by atoms with van der Waals surface area (Å²) in [5.41, 5.74) is 1.20. The largest absolute Gasteiger partial charge is 0.324 e. The van der Waals surface area contributed by atoms with E-state index in [1.54, 1.807) is 6.20 Å². The number of likely N-dealkylation sites (tertiary alicyclic amines) is 1. The predicted octanol–water partition coefficient (Wildman–Crippen LogP) is 3.20. The number of thioether (sulfide) groups is 1. The molecule has 0 spiro atoms. The summed E-state index contributed by atoms with van der Waals surface area (Å²) in [6, 6.07) is 4.56. The first-order valence-corrected chi connectivity index (χ1v) is 9.89. The molecule has 3 heterocycles. The third-order valence-corrected chi connectivity index (χ3v) is 5.59. The van der Waals surface area contributed by atoms with Crippen LogP contribution < -0.4 is 5.32 Å². The number of rotatable bonds is 5. The molecule has 0 saturated carbocycles. The predicted molar refractivity (Wildman–Crippen MR) is 100 cm³/mol. The molecule has 1 aromatic heterocycles. The van der Waals surface area contributed by atoms with Gasteiger partial charge >= 0.3 is 6.03 Å². The molecule has 0 aromatic carbocycles. The van der Waals surface area contributed by atoms with E-state index in [-0.39, 0.29) is 6.03 Å². The van der Waals surface area contributed by atoms with E-state index in [1.807, 2.05) is 28.8 Å². The number of carbonyl (C=O) groups is 1. The van der Waals surface area contributed by atoms with Crippen LogP contribution in [-0.4, -0.2) is 58.8 Å². The fraction of sp³-hybridized carbons (Fsp3) is 0.556. The van der Waals surface area contributed by atoms with Crippen LogP contribution in [0.25, 0.3) is 0 Å². The van der Waals surface area contributed by atoms with E-state index < -0.39 is 0 Å². The van der Waals surface area contributed by atoms with Gasteiger partial charge in [0.05, 0.1) is 0 Å². The Labute approximate surface area is 148 Å². The molecule has 2 aliphatic rings. The third kappa shape index (κ3) is 4.51. The van der Waals surface area contributed by atoms with Gasteiger partial charge in [0.15, 0.2) is 0 Å². The molecule has 130 valence electrons. The number of hydrogen-bond acceptors (Lipinski definition) is 4. The number of nitrogens with one attached hydrogen (secondary N) is 1. The minimum Gasteiger partial charge on any atom is -0.324 e. The zero-order chi connectivity index (χ0) is 16.8. The maximum atomic E-state index is 12.5. The molecule has 2 aliphatic heterocycles. The highest BCUT2D eigenvalue weighted by Crippen LogP contribution is 2.20. The van der Waals surface area contributed by atoms with Gasteiger partial charge in [-0.05, 0) is 36.3 Å². The number of piperidine rings is 1. The van der Waals surface area contributed by atoms with Gasteiger partial charge in [-0.3, -0.25) is 10.2 Å². The zero-order valence-corrected chi connectivity index (χ0v) is 15.1. The summed E-state index contributed by atoms with van der Waals surface area (Å²) in [5, 5.41) is 2.95. The van der Waals surface area contributed by atoms with Crippen molar-refractivity contribution in [3.63, 3.8) is 0 Å². The molecule has 2 amide bonds. The number of pyridine rings is 1. The van der Waals surface area contributed by atoms with E-state index in [9.17, 15) is 4.79 Å². The molecular weight excluding hydrogens is 320 g/mol. The second kappa shape index (κ2) is 8.53. The summed E-state index contributed by atoms with van der Waals surface area (Å²) in [7, 11) is 0. The Morgan fingerprint density at radius 2 is 2.08 bits per heavy atom.